The van der Waals surface area contributed by atoms with Crippen molar-refractivity contribution in [1.82, 2.24) is 9.88 Å². The van der Waals surface area contributed by atoms with Gasteiger partial charge in [-0.05, 0) is 48.8 Å². The van der Waals surface area contributed by atoms with E-state index in [1.165, 1.54) is 54.4 Å². The van der Waals surface area contributed by atoms with Crippen LogP contribution in [0.3, 0.4) is 0 Å². The fourth-order valence-corrected chi connectivity index (χ4v) is 3.75. The van der Waals surface area contributed by atoms with Gasteiger partial charge in [-0.1, -0.05) is 60.2 Å². The maximum absolute atomic E-state index is 3.54. The van der Waals surface area contributed by atoms with Gasteiger partial charge in [0.2, 0.25) is 0 Å². The Hall–Kier alpha value is -2.32. The number of nitrogens with one attached hydrogen (secondary N) is 1. The largest absolute Gasteiger partial charge is 0.357 e. The highest BCUT2D eigenvalue weighted by atomic mass is 15.1. The summed E-state index contributed by atoms with van der Waals surface area (Å²) in [6.07, 6.45) is 7.37. The molecule has 1 N–H and O–H groups in total. The lowest BCUT2D eigenvalue weighted by atomic mass is 9.99. The summed E-state index contributed by atoms with van der Waals surface area (Å²) in [6.45, 7) is 3.27. The molecule has 2 nitrogen and oxygen atoms in total. The first-order valence-electron chi connectivity index (χ1n) is 9.38. The zero-order chi connectivity index (χ0) is 16.9. The first-order chi connectivity index (χ1) is 12.4. The van der Waals surface area contributed by atoms with Crippen LogP contribution >= 0.6 is 0 Å². The molecule has 0 fully saturated rings. The van der Waals surface area contributed by atoms with Crippen LogP contribution in [0.1, 0.15) is 30.5 Å². The molecule has 0 bridgehead atoms. The van der Waals surface area contributed by atoms with Crippen molar-refractivity contribution >= 4 is 10.9 Å². The van der Waals surface area contributed by atoms with E-state index in [-0.39, 0.29) is 0 Å². The maximum Gasteiger partial charge on any atom is 0.0456 e. The van der Waals surface area contributed by atoms with Crippen LogP contribution in [0.15, 0.2) is 72.3 Å². The molecule has 25 heavy (non-hydrogen) atoms. The highest BCUT2D eigenvalue weighted by Crippen LogP contribution is 2.20. The number of para-hydroxylation sites is 1. The highest BCUT2D eigenvalue weighted by Gasteiger charge is 2.13. The first-order valence-corrected chi connectivity index (χ1v) is 9.38. The fraction of sp³-hybridized carbons (Fsp3) is 0.304. The first kappa shape index (κ1) is 16.2. The van der Waals surface area contributed by atoms with E-state index >= 15 is 0 Å². The Morgan fingerprint density at radius 1 is 0.920 bits per heavy atom. The number of rotatable bonds is 6. The van der Waals surface area contributed by atoms with Gasteiger partial charge in [-0.3, -0.25) is 4.90 Å². The molecular weight excluding hydrogens is 304 g/mol. The summed E-state index contributed by atoms with van der Waals surface area (Å²) in [5, 5.41) is 1.31. The second-order valence-corrected chi connectivity index (χ2v) is 7.07. The molecule has 128 valence electrons. The van der Waals surface area contributed by atoms with E-state index in [2.05, 4.69) is 76.6 Å². The monoisotopic (exact) mass is 330 g/mol. The van der Waals surface area contributed by atoms with Crippen molar-refractivity contribution in [1.29, 1.82) is 0 Å². The summed E-state index contributed by atoms with van der Waals surface area (Å²) in [4.78, 5) is 6.08. The van der Waals surface area contributed by atoms with Crippen LogP contribution in [-0.2, 0) is 13.0 Å². The third kappa shape index (κ3) is 4.21. The van der Waals surface area contributed by atoms with Gasteiger partial charge < -0.3 is 4.98 Å². The third-order valence-electron chi connectivity index (χ3n) is 5.17. The molecule has 3 aromatic rings. The van der Waals surface area contributed by atoms with Crippen molar-refractivity contribution in [2.24, 2.45) is 0 Å². The van der Waals surface area contributed by atoms with E-state index in [1.807, 2.05) is 0 Å². The molecular formula is C23H26N2. The van der Waals surface area contributed by atoms with Gasteiger partial charge in [0.15, 0.2) is 0 Å². The summed E-state index contributed by atoms with van der Waals surface area (Å²) >= 11 is 0. The standard InChI is InChI=1S/C23H26N2/c1-2-7-19(8-3-1)9-6-10-20-13-15-25(16-14-20)18-22-17-21-11-4-5-12-23(21)24-22/h1-5,7-8,11-13,17,24H,6,9-10,14-16,18H2. The minimum atomic E-state index is 1.02. The predicted molar refractivity (Wildman–Crippen MR) is 106 cm³/mol. The second kappa shape index (κ2) is 7.71. The number of aromatic amines is 1. The van der Waals surface area contributed by atoms with Gasteiger partial charge in [0, 0.05) is 30.8 Å². The molecule has 0 saturated heterocycles. The molecule has 0 unspecified atom stereocenters. The van der Waals surface area contributed by atoms with Crippen LogP contribution in [-0.4, -0.2) is 23.0 Å². The van der Waals surface area contributed by atoms with Gasteiger partial charge in [-0.25, -0.2) is 0 Å². The van der Waals surface area contributed by atoms with Gasteiger partial charge in [0.05, 0.1) is 0 Å². The summed E-state index contributed by atoms with van der Waals surface area (Å²) in [6, 6.07) is 21.6. The predicted octanol–water partition coefficient (Wildman–Crippen LogP) is 5.32. The lowest BCUT2D eigenvalue weighted by Crippen LogP contribution is -2.28. The molecule has 0 spiro atoms. The van der Waals surface area contributed by atoms with Crippen LogP contribution in [0, 0.1) is 0 Å². The Bertz CT molecular complexity index is 812. The number of hydrogen-bond donors (Lipinski definition) is 1. The zero-order valence-electron chi connectivity index (χ0n) is 14.7. The molecule has 0 atom stereocenters. The van der Waals surface area contributed by atoms with Crippen LogP contribution in [0.2, 0.25) is 0 Å². The Balaban J connectivity index is 1.27. The molecule has 4 rings (SSSR count). The van der Waals surface area contributed by atoms with Gasteiger partial charge in [0.25, 0.3) is 0 Å². The van der Waals surface area contributed by atoms with Crippen LogP contribution < -0.4 is 0 Å². The van der Waals surface area contributed by atoms with Gasteiger partial charge >= 0.3 is 0 Å². The summed E-state index contributed by atoms with van der Waals surface area (Å²) in [5.41, 5.74) is 5.66. The summed E-state index contributed by atoms with van der Waals surface area (Å²) in [7, 11) is 0. The third-order valence-corrected chi connectivity index (χ3v) is 5.17. The van der Waals surface area contributed by atoms with Crippen molar-refractivity contribution < 1.29 is 0 Å². The fourth-order valence-electron chi connectivity index (χ4n) is 3.75. The Labute approximate surface area is 150 Å². The summed E-state index contributed by atoms with van der Waals surface area (Å²) < 4.78 is 0. The Kier molecular flexibility index (Phi) is 4.98. The average Bonchev–Trinajstić information content (AvgIpc) is 3.06. The minimum Gasteiger partial charge on any atom is -0.357 e. The van der Waals surface area contributed by atoms with Gasteiger partial charge in [-0.2, -0.15) is 0 Å². The minimum absolute atomic E-state index is 1.02. The van der Waals surface area contributed by atoms with Gasteiger partial charge in [0.1, 0.15) is 0 Å². The van der Waals surface area contributed by atoms with E-state index in [4.69, 9.17) is 0 Å². The number of nitrogens with zero attached hydrogens (tertiary/aromatic N) is 1. The van der Waals surface area contributed by atoms with Crippen molar-refractivity contribution in [2.75, 3.05) is 13.1 Å². The quantitative estimate of drug-likeness (QED) is 0.606. The van der Waals surface area contributed by atoms with Crippen molar-refractivity contribution in [3.63, 3.8) is 0 Å². The second-order valence-electron chi connectivity index (χ2n) is 7.07. The molecule has 0 radical (unpaired) electrons. The molecule has 1 aliphatic heterocycles. The summed E-state index contributed by atoms with van der Waals surface area (Å²) in [5.74, 6) is 0. The van der Waals surface area contributed by atoms with E-state index in [0.717, 1.165) is 13.1 Å². The van der Waals surface area contributed by atoms with Crippen LogP contribution in [0.4, 0.5) is 0 Å². The molecule has 2 heteroatoms. The van der Waals surface area contributed by atoms with E-state index < -0.39 is 0 Å². The van der Waals surface area contributed by atoms with E-state index in [0.29, 0.717) is 0 Å². The lowest BCUT2D eigenvalue weighted by Gasteiger charge is -2.26. The van der Waals surface area contributed by atoms with E-state index in [9.17, 15) is 0 Å². The number of benzene rings is 2. The molecule has 2 aromatic carbocycles. The van der Waals surface area contributed by atoms with Crippen molar-refractivity contribution in [3.8, 4) is 0 Å². The topological polar surface area (TPSA) is 19.0 Å². The van der Waals surface area contributed by atoms with Gasteiger partial charge in [-0.15, -0.1) is 0 Å². The zero-order valence-corrected chi connectivity index (χ0v) is 14.7. The Morgan fingerprint density at radius 3 is 2.56 bits per heavy atom. The molecule has 2 heterocycles. The van der Waals surface area contributed by atoms with Crippen molar-refractivity contribution in [2.45, 2.75) is 32.2 Å². The number of aromatic nitrogens is 1. The number of aryl methyl sites for hydroxylation is 1. The van der Waals surface area contributed by atoms with Crippen molar-refractivity contribution in [3.05, 3.63) is 83.6 Å². The van der Waals surface area contributed by atoms with E-state index in [1.54, 1.807) is 5.57 Å². The molecule has 0 saturated carbocycles. The molecule has 0 amide bonds. The molecule has 1 aromatic heterocycles. The number of H-pyrrole nitrogens is 1. The number of hydrogen-bond acceptors (Lipinski definition) is 1. The SMILES string of the molecule is C1=C(CCCc2ccccc2)CCN(Cc2cc3ccccc3[nH]2)C1. The highest BCUT2D eigenvalue weighted by molar-refractivity contribution is 5.80. The lowest BCUT2D eigenvalue weighted by molar-refractivity contribution is 0.281. The number of fused-ring (bicyclic) bond motifs is 1. The maximum atomic E-state index is 3.54. The molecule has 0 aliphatic carbocycles. The molecule has 1 aliphatic rings. The normalized spacial score (nSPS) is 15.4. The average molecular weight is 330 g/mol. The smallest absolute Gasteiger partial charge is 0.0456 e. The van der Waals surface area contributed by atoms with Crippen LogP contribution in [0.5, 0.6) is 0 Å². The Morgan fingerprint density at radius 2 is 1.76 bits per heavy atom. The van der Waals surface area contributed by atoms with Crippen LogP contribution in [0.25, 0.3) is 10.9 Å².